The first-order valence-electron chi connectivity index (χ1n) is 8.59. The fourth-order valence-corrected chi connectivity index (χ4v) is 3.12. The van der Waals surface area contributed by atoms with Gasteiger partial charge in [-0.3, -0.25) is 4.79 Å². The van der Waals surface area contributed by atoms with Gasteiger partial charge in [0, 0.05) is 10.0 Å². The number of hydrogen-bond acceptors (Lipinski definition) is 5. The fraction of sp³-hybridized carbons (Fsp3) is 0.100. The predicted molar refractivity (Wildman–Crippen MR) is 107 cm³/mol. The number of hydrogen-bond donors (Lipinski definition) is 1. The SMILES string of the molecule is CC(NC(=O)c1cc(-c2ccc(Br)cc2)cc(-n2cnnn2)c1)c1ccco1. The highest BCUT2D eigenvalue weighted by Crippen LogP contribution is 2.26. The number of benzene rings is 2. The van der Waals surface area contributed by atoms with Crippen molar-refractivity contribution in [3.63, 3.8) is 0 Å². The number of nitrogens with one attached hydrogen (secondary N) is 1. The van der Waals surface area contributed by atoms with Gasteiger partial charge in [-0.15, -0.1) is 5.10 Å². The van der Waals surface area contributed by atoms with Gasteiger partial charge in [0.2, 0.25) is 0 Å². The van der Waals surface area contributed by atoms with Gasteiger partial charge in [0.15, 0.2) is 0 Å². The average Bonchev–Trinajstić information content (AvgIpc) is 3.42. The summed E-state index contributed by atoms with van der Waals surface area (Å²) in [5.41, 5.74) is 3.06. The standard InChI is InChI=1S/C20H16BrN5O2/c1-13(19-3-2-8-28-19)23-20(27)16-9-15(14-4-6-17(21)7-5-14)10-18(11-16)26-12-22-24-25-26/h2-13H,1H3,(H,23,27). The molecule has 0 aliphatic rings. The van der Waals surface area contributed by atoms with Crippen LogP contribution in [0.2, 0.25) is 0 Å². The summed E-state index contributed by atoms with van der Waals surface area (Å²) in [4.78, 5) is 12.9. The van der Waals surface area contributed by atoms with Gasteiger partial charge in [-0.2, -0.15) is 0 Å². The van der Waals surface area contributed by atoms with E-state index in [-0.39, 0.29) is 11.9 Å². The van der Waals surface area contributed by atoms with Crippen molar-refractivity contribution in [2.45, 2.75) is 13.0 Å². The second kappa shape index (κ2) is 7.77. The zero-order valence-electron chi connectivity index (χ0n) is 14.9. The molecule has 0 fully saturated rings. The predicted octanol–water partition coefficient (Wildman–Crippen LogP) is 4.18. The summed E-state index contributed by atoms with van der Waals surface area (Å²) in [5.74, 6) is 0.482. The number of rotatable bonds is 5. The van der Waals surface area contributed by atoms with E-state index in [1.807, 2.05) is 49.4 Å². The van der Waals surface area contributed by atoms with Crippen LogP contribution in [0.5, 0.6) is 0 Å². The Morgan fingerprint density at radius 1 is 1.14 bits per heavy atom. The lowest BCUT2D eigenvalue weighted by Crippen LogP contribution is -2.26. The molecule has 1 atom stereocenters. The summed E-state index contributed by atoms with van der Waals surface area (Å²) in [6.45, 7) is 1.87. The molecule has 0 saturated carbocycles. The number of tetrazole rings is 1. The number of carbonyl (C=O) groups excluding carboxylic acids is 1. The van der Waals surface area contributed by atoms with Crippen LogP contribution in [0.3, 0.4) is 0 Å². The maximum atomic E-state index is 12.9. The van der Waals surface area contributed by atoms with E-state index >= 15 is 0 Å². The molecule has 1 N–H and O–H groups in total. The van der Waals surface area contributed by atoms with Gasteiger partial charge < -0.3 is 9.73 Å². The molecule has 7 nitrogen and oxygen atoms in total. The maximum Gasteiger partial charge on any atom is 0.251 e. The van der Waals surface area contributed by atoms with Crippen LogP contribution in [0.15, 0.2) is 76.1 Å². The minimum absolute atomic E-state index is 0.211. The lowest BCUT2D eigenvalue weighted by Gasteiger charge is -2.14. The molecule has 0 saturated heterocycles. The number of nitrogens with zero attached hydrogens (tertiary/aromatic N) is 4. The molecule has 8 heteroatoms. The van der Waals surface area contributed by atoms with E-state index in [4.69, 9.17) is 4.42 Å². The van der Waals surface area contributed by atoms with Crippen LogP contribution in [0.4, 0.5) is 0 Å². The molecule has 4 rings (SSSR count). The Bertz CT molecular complexity index is 1080. The van der Waals surface area contributed by atoms with Crippen molar-refractivity contribution in [1.29, 1.82) is 0 Å². The van der Waals surface area contributed by atoms with Crippen molar-refractivity contribution in [2.24, 2.45) is 0 Å². The normalized spacial score (nSPS) is 11.9. The second-order valence-electron chi connectivity index (χ2n) is 6.24. The van der Waals surface area contributed by atoms with E-state index in [0.29, 0.717) is 17.0 Å². The first-order chi connectivity index (χ1) is 13.6. The maximum absolute atomic E-state index is 12.9. The largest absolute Gasteiger partial charge is 0.467 e. The molecule has 0 aliphatic heterocycles. The van der Waals surface area contributed by atoms with Crippen molar-refractivity contribution < 1.29 is 9.21 Å². The van der Waals surface area contributed by atoms with Crippen molar-refractivity contribution in [1.82, 2.24) is 25.5 Å². The number of carbonyl (C=O) groups is 1. The highest BCUT2D eigenvalue weighted by Gasteiger charge is 2.16. The second-order valence-corrected chi connectivity index (χ2v) is 7.16. The summed E-state index contributed by atoms with van der Waals surface area (Å²) in [5, 5.41) is 14.3. The molecule has 28 heavy (non-hydrogen) atoms. The summed E-state index contributed by atoms with van der Waals surface area (Å²) in [6.07, 6.45) is 3.08. The van der Waals surface area contributed by atoms with Crippen molar-refractivity contribution in [2.75, 3.05) is 0 Å². The van der Waals surface area contributed by atoms with Gasteiger partial charge in [0.1, 0.15) is 12.1 Å². The summed E-state index contributed by atoms with van der Waals surface area (Å²) in [6, 6.07) is 16.8. The third-order valence-electron chi connectivity index (χ3n) is 4.29. The molecule has 2 heterocycles. The van der Waals surface area contributed by atoms with Crippen molar-refractivity contribution in [3.8, 4) is 16.8 Å². The highest BCUT2D eigenvalue weighted by molar-refractivity contribution is 9.10. The van der Waals surface area contributed by atoms with Gasteiger partial charge >= 0.3 is 0 Å². The average molecular weight is 438 g/mol. The molecule has 0 aliphatic carbocycles. The van der Waals surface area contributed by atoms with Gasteiger partial charge in [-0.1, -0.05) is 28.1 Å². The topological polar surface area (TPSA) is 85.8 Å². The first-order valence-corrected chi connectivity index (χ1v) is 9.38. The third kappa shape index (κ3) is 3.86. The molecule has 4 aromatic rings. The van der Waals surface area contributed by atoms with Gasteiger partial charge in [0.25, 0.3) is 5.91 Å². The first kappa shape index (κ1) is 18.1. The van der Waals surface area contributed by atoms with Crippen LogP contribution in [-0.2, 0) is 0 Å². The Kier molecular flexibility index (Phi) is 5.03. The molecular weight excluding hydrogens is 422 g/mol. The van der Waals surface area contributed by atoms with Crippen LogP contribution in [0, 0.1) is 0 Å². The van der Waals surface area contributed by atoms with E-state index in [2.05, 4.69) is 36.8 Å². The van der Waals surface area contributed by atoms with E-state index in [0.717, 1.165) is 15.6 Å². The fourth-order valence-electron chi connectivity index (χ4n) is 2.85. The quantitative estimate of drug-likeness (QED) is 0.506. The van der Waals surface area contributed by atoms with Crippen molar-refractivity contribution in [3.05, 3.63) is 83.0 Å². The summed E-state index contributed by atoms with van der Waals surface area (Å²) in [7, 11) is 0. The molecule has 2 aromatic heterocycles. The monoisotopic (exact) mass is 437 g/mol. The van der Waals surface area contributed by atoms with Gasteiger partial charge in [-0.25, -0.2) is 4.68 Å². The Morgan fingerprint density at radius 3 is 2.64 bits per heavy atom. The van der Waals surface area contributed by atoms with Crippen molar-refractivity contribution >= 4 is 21.8 Å². The zero-order valence-corrected chi connectivity index (χ0v) is 16.5. The van der Waals surface area contributed by atoms with E-state index in [9.17, 15) is 4.79 Å². The zero-order chi connectivity index (χ0) is 19.5. The van der Waals surface area contributed by atoms with Crippen LogP contribution < -0.4 is 5.32 Å². The van der Waals surface area contributed by atoms with E-state index < -0.39 is 0 Å². The van der Waals surface area contributed by atoms with Crippen LogP contribution in [-0.4, -0.2) is 26.1 Å². The lowest BCUT2D eigenvalue weighted by molar-refractivity contribution is 0.0935. The third-order valence-corrected chi connectivity index (χ3v) is 4.82. The number of aromatic nitrogens is 4. The molecule has 2 aromatic carbocycles. The summed E-state index contributed by atoms with van der Waals surface area (Å²) < 4.78 is 7.88. The number of furan rings is 1. The molecule has 0 radical (unpaired) electrons. The molecule has 140 valence electrons. The Hall–Kier alpha value is -3.26. The minimum atomic E-state index is -0.254. The summed E-state index contributed by atoms with van der Waals surface area (Å²) >= 11 is 3.44. The van der Waals surface area contributed by atoms with Gasteiger partial charge in [0.05, 0.1) is 18.0 Å². The smallest absolute Gasteiger partial charge is 0.251 e. The van der Waals surface area contributed by atoms with E-state index in [1.54, 1.807) is 18.4 Å². The minimum Gasteiger partial charge on any atom is -0.467 e. The highest BCUT2D eigenvalue weighted by atomic mass is 79.9. The van der Waals surface area contributed by atoms with Crippen LogP contribution in [0.1, 0.15) is 29.1 Å². The number of amides is 1. The Balaban J connectivity index is 1.71. The van der Waals surface area contributed by atoms with Gasteiger partial charge in [-0.05, 0) is 70.9 Å². The van der Waals surface area contributed by atoms with Crippen LogP contribution in [0.25, 0.3) is 16.8 Å². The Morgan fingerprint density at radius 2 is 1.96 bits per heavy atom. The molecule has 0 spiro atoms. The van der Waals surface area contributed by atoms with E-state index in [1.165, 1.54) is 11.0 Å². The molecule has 0 bridgehead atoms. The van der Waals surface area contributed by atoms with Crippen LogP contribution >= 0.6 is 15.9 Å². The molecule has 1 amide bonds. The Labute approximate surface area is 169 Å². The lowest BCUT2D eigenvalue weighted by atomic mass is 10.0. The molecular formula is C20H16BrN5O2. The number of halogens is 1. The molecule has 1 unspecified atom stereocenters.